The summed E-state index contributed by atoms with van der Waals surface area (Å²) in [6.45, 7) is 0. The zero-order valence-electron chi connectivity index (χ0n) is 9.74. The van der Waals surface area contributed by atoms with Gasteiger partial charge in [0.15, 0.2) is 9.84 Å². The molecule has 0 spiro atoms. The van der Waals surface area contributed by atoms with E-state index in [0.717, 1.165) is 6.26 Å². The van der Waals surface area contributed by atoms with Gasteiger partial charge >= 0.3 is 6.01 Å². The monoisotopic (exact) mass is 300 g/mol. The highest BCUT2D eigenvalue weighted by Crippen LogP contribution is 2.21. The molecule has 1 aromatic carbocycles. The predicted molar refractivity (Wildman–Crippen MR) is 68.9 cm³/mol. The number of anilines is 1. The van der Waals surface area contributed by atoms with E-state index in [4.69, 9.17) is 22.1 Å². The molecule has 19 heavy (non-hydrogen) atoms. The molecular weight excluding hydrogens is 292 g/mol. The van der Waals surface area contributed by atoms with Gasteiger partial charge in [-0.15, -0.1) is 0 Å². The van der Waals surface area contributed by atoms with Crippen molar-refractivity contribution in [3.8, 4) is 11.8 Å². The minimum atomic E-state index is -3.24. The lowest BCUT2D eigenvalue weighted by molar-refractivity contribution is 0.440. The van der Waals surface area contributed by atoms with Gasteiger partial charge < -0.3 is 10.5 Å². The molecule has 0 aliphatic carbocycles. The highest BCUT2D eigenvalue weighted by Gasteiger charge is 2.08. The number of hydrogen-bond donors (Lipinski definition) is 1. The van der Waals surface area contributed by atoms with E-state index >= 15 is 0 Å². The molecular formula is C10H9ClN4O3S. The second kappa shape index (κ2) is 4.98. The fourth-order valence-electron chi connectivity index (χ4n) is 1.25. The van der Waals surface area contributed by atoms with E-state index in [2.05, 4.69) is 15.0 Å². The molecule has 0 fully saturated rings. The first kappa shape index (κ1) is 13.5. The fourth-order valence-corrected chi connectivity index (χ4v) is 2.04. The quantitative estimate of drug-likeness (QED) is 0.910. The normalized spacial score (nSPS) is 11.3. The molecule has 100 valence electrons. The molecule has 2 N–H and O–H groups in total. The summed E-state index contributed by atoms with van der Waals surface area (Å²) in [6.07, 6.45) is 1.12. The van der Waals surface area contributed by atoms with E-state index in [1.54, 1.807) is 0 Å². The smallest absolute Gasteiger partial charge is 0.328 e. The maximum absolute atomic E-state index is 11.3. The molecule has 2 rings (SSSR count). The number of nitrogens with zero attached hydrogens (tertiary/aromatic N) is 3. The number of nitrogen functional groups attached to an aromatic ring is 1. The lowest BCUT2D eigenvalue weighted by Crippen LogP contribution is -2.00. The van der Waals surface area contributed by atoms with Crippen LogP contribution in [0, 0.1) is 0 Å². The third kappa shape index (κ3) is 3.52. The Morgan fingerprint density at radius 3 is 2.32 bits per heavy atom. The summed E-state index contributed by atoms with van der Waals surface area (Å²) in [6, 6.07) is 5.71. The molecule has 1 aromatic heterocycles. The molecule has 0 unspecified atom stereocenters. The van der Waals surface area contributed by atoms with Crippen LogP contribution in [0.2, 0.25) is 5.28 Å². The standard InChI is InChI=1S/C10H9ClN4O3S/c1-19(16,17)7-4-2-6(3-5-7)18-10-14-8(11)13-9(12)15-10/h2-5H,1H3,(H2,12,13,14,15). The first-order valence-corrected chi connectivity index (χ1v) is 7.26. The van der Waals surface area contributed by atoms with Crippen LogP contribution in [0.25, 0.3) is 0 Å². The van der Waals surface area contributed by atoms with E-state index in [1.807, 2.05) is 0 Å². The van der Waals surface area contributed by atoms with E-state index in [-0.39, 0.29) is 22.1 Å². The number of hydrogen-bond acceptors (Lipinski definition) is 7. The average molecular weight is 301 g/mol. The molecule has 0 saturated heterocycles. The summed E-state index contributed by atoms with van der Waals surface area (Å²) in [7, 11) is -3.24. The topological polar surface area (TPSA) is 108 Å². The van der Waals surface area contributed by atoms with E-state index in [9.17, 15) is 8.42 Å². The van der Waals surface area contributed by atoms with Crippen molar-refractivity contribution in [2.24, 2.45) is 0 Å². The first-order chi connectivity index (χ1) is 8.84. The second-order valence-electron chi connectivity index (χ2n) is 3.59. The van der Waals surface area contributed by atoms with Crippen LogP contribution in [-0.2, 0) is 9.84 Å². The van der Waals surface area contributed by atoms with Gasteiger partial charge in [0.25, 0.3) is 0 Å². The molecule has 0 atom stereocenters. The van der Waals surface area contributed by atoms with E-state index in [0.29, 0.717) is 5.75 Å². The maximum atomic E-state index is 11.3. The summed E-state index contributed by atoms with van der Waals surface area (Å²) in [5, 5.41) is -0.0877. The van der Waals surface area contributed by atoms with Crippen molar-refractivity contribution in [3.63, 3.8) is 0 Å². The van der Waals surface area contributed by atoms with Crippen LogP contribution in [0.15, 0.2) is 29.2 Å². The minimum Gasteiger partial charge on any atom is -0.424 e. The van der Waals surface area contributed by atoms with Gasteiger partial charge in [0, 0.05) is 6.26 Å². The molecule has 2 aromatic rings. The van der Waals surface area contributed by atoms with Crippen LogP contribution in [-0.4, -0.2) is 29.6 Å². The first-order valence-electron chi connectivity index (χ1n) is 4.99. The fraction of sp³-hybridized carbons (Fsp3) is 0.100. The highest BCUT2D eigenvalue weighted by molar-refractivity contribution is 7.90. The molecule has 9 heteroatoms. The number of benzene rings is 1. The van der Waals surface area contributed by atoms with Crippen molar-refractivity contribution in [1.82, 2.24) is 15.0 Å². The number of aromatic nitrogens is 3. The van der Waals surface area contributed by atoms with Gasteiger partial charge in [0.05, 0.1) is 4.90 Å². The van der Waals surface area contributed by atoms with Gasteiger partial charge in [-0.2, -0.15) is 15.0 Å². The molecule has 0 bridgehead atoms. The van der Waals surface area contributed by atoms with Gasteiger partial charge in [0.2, 0.25) is 11.2 Å². The molecule has 0 aliphatic rings. The zero-order valence-corrected chi connectivity index (χ0v) is 11.3. The molecule has 0 amide bonds. The Morgan fingerprint density at radius 1 is 1.16 bits per heavy atom. The third-order valence-electron chi connectivity index (χ3n) is 2.07. The third-order valence-corrected chi connectivity index (χ3v) is 3.36. The van der Waals surface area contributed by atoms with Gasteiger partial charge in [-0.25, -0.2) is 8.42 Å². The van der Waals surface area contributed by atoms with Crippen LogP contribution in [0.5, 0.6) is 11.8 Å². The van der Waals surface area contributed by atoms with E-state index < -0.39 is 9.84 Å². The minimum absolute atomic E-state index is 0.0652. The molecule has 7 nitrogen and oxygen atoms in total. The number of nitrogens with two attached hydrogens (primary N) is 1. The summed E-state index contributed by atoms with van der Waals surface area (Å²) >= 11 is 5.60. The van der Waals surface area contributed by atoms with Crippen molar-refractivity contribution in [2.45, 2.75) is 4.90 Å². The summed E-state index contributed by atoms with van der Waals surface area (Å²) in [5.41, 5.74) is 5.39. The average Bonchev–Trinajstić information content (AvgIpc) is 2.26. The Labute approximate surface area is 114 Å². The number of halogens is 1. The Kier molecular flexibility index (Phi) is 3.54. The van der Waals surface area contributed by atoms with Crippen molar-refractivity contribution in [1.29, 1.82) is 0 Å². The Morgan fingerprint density at radius 2 is 1.79 bits per heavy atom. The van der Waals surface area contributed by atoms with Crippen LogP contribution < -0.4 is 10.5 Å². The van der Waals surface area contributed by atoms with Crippen molar-refractivity contribution < 1.29 is 13.2 Å². The van der Waals surface area contributed by atoms with Crippen molar-refractivity contribution in [2.75, 3.05) is 12.0 Å². The summed E-state index contributed by atoms with van der Waals surface area (Å²) < 4.78 is 27.9. The van der Waals surface area contributed by atoms with Gasteiger partial charge in [-0.3, -0.25) is 0 Å². The summed E-state index contributed by atoms with van der Waals surface area (Å²) in [4.78, 5) is 11.2. The number of ether oxygens (including phenoxy) is 1. The van der Waals surface area contributed by atoms with E-state index in [1.165, 1.54) is 24.3 Å². The van der Waals surface area contributed by atoms with Gasteiger partial charge in [-0.1, -0.05) is 0 Å². The molecule has 0 aliphatic heterocycles. The molecule has 0 saturated carbocycles. The maximum Gasteiger partial charge on any atom is 0.328 e. The van der Waals surface area contributed by atoms with Crippen molar-refractivity contribution >= 4 is 27.4 Å². The molecule has 0 radical (unpaired) electrons. The summed E-state index contributed by atoms with van der Waals surface area (Å²) in [5.74, 6) is 0.289. The van der Waals surface area contributed by atoms with Crippen LogP contribution >= 0.6 is 11.6 Å². The number of sulfone groups is 1. The van der Waals surface area contributed by atoms with Gasteiger partial charge in [0.1, 0.15) is 5.75 Å². The largest absolute Gasteiger partial charge is 0.424 e. The highest BCUT2D eigenvalue weighted by atomic mass is 35.5. The van der Waals surface area contributed by atoms with Crippen LogP contribution in [0.3, 0.4) is 0 Å². The Bertz CT molecular complexity index is 683. The SMILES string of the molecule is CS(=O)(=O)c1ccc(Oc2nc(N)nc(Cl)n2)cc1. The zero-order chi connectivity index (χ0) is 14.0. The predicted octanol–water partition coefficient (Wildman–Crippen LogP) is 1.30. The van der Waals surface area contributed by atoms with Crippen LogP contribution in [0.1, 0.15) is 0 Å². The lowest BCUT2D eigenvalue weighted by atomic mass is 10.3. The molecule has 1 heterocycles. The Balaban J connectivity index is 2.24. The van der Waals surface area contributed by atoms with Crippen molar-refractivity contribution in [3.05, 3.63) is 29.5 Å². The second-order valence-corrected chi connectivity index (χ2v) is 5.94. The Hall–Kier alpha value is -1.93. The van der Waals surface area contributed by atoms with Gasteiger partial charge in [-0.05, 0) is 35.9 Å². The lowest BCUT2D eigenvalue weighted by Gasteiger charge is -2.05. The van der Waals surface area contributed by atoms with Crippen LogP contribution in [0.4, 0.5) is 5.95 Å². The number of rotatable bonds is 3.